The molecular weight excluding hydrogens is 300 g/mol. The van der Waals surface area contributed by atoms with E-state index in [0.29, 0.717) is 6.42 Å². The Morgan fingerprint density at radius 1 is 1.14 bits per heavy atom. The number of esters is 1. The lowest BCUT2D eigenvalue weighted by atomic mass is 10.1. The quantitative estimate of drug-likeness (QED) is 0.374. The third-order valence-electron chi connectivity index (χ3n) is 3.35. The Balaban J connectivity index is 2.05. The first-order valence-electron chi connectivity index (χ1n) is 7.68. The highest BCUT2D eigenvalue weighted by Crippen LogP contribution is 2.20. The third kappa shape index (κ3) is 8.62. The lowest BCUT2D eigenvalue weighted by Crippen LogP contribution is -1.99. The maximum atomic E-state index is 10.9. The highest BCUT2D eigenvalue weighted by molar-refractivity contribution is 7.12. The van der Waals surface area contributed by atoms with Crippen LogP contribution in [0.5, 0.6) is 0 Å². The zero-order chi connectivity index (χ0) is 16.2. The first kappa shape index (κ1) is 18.4. The number of methoxy groups -OCH3 is 1. The zero-order valence-electron chi connectivity index (χ0n) is 13.0. The molecule has 0 aromatic carbocycles. The number of unbranched alkanes of at least 4 members (excludes halogenated alkanes) is 5. The van der Waals surface area contributed by atoms with Crippen molar-refractivity contribution in [1.29, 1.82) is 0 Å². The number of rotatable bonds is 11. The summed E-state index contributed by atoms with van der Waals surface area (Å²) in [5.74, 6) is -1.03. The van der Waals surface area contributed by atoms with Crippen LogP contribution in [0.25, 0.3) is 6.08 Å². The maximum Gasteiger partial charge on any atom is 0.328 e. The van der Waals surface area contributed by atoms with Gasteiger partial charge >= 0.3 is 11.9 Å². The van der Waals surface area contributed by atoms with E-state index in [4.69, 9.17) is 5.11 Å². The SMILES string of the molecule is COC(=O)CCCCCCCCc1ccc(/C=C/C(=O)O)s1. The van der Waals surface area contributed by atoms with Crippen LogP contribution in [0.1, 0.15) is 54.7 Å². The van der Waals surface area contributed by atoms with Crippen LogP contribution in [0.2, 0.25) is 0 Å². The van der Waals surface area contributed by atoms with E-state index in [2.05, 4.69) is 10.8 Å². The topological polar surface area (TPSA) is 63.6 Å². The van der Waals surface area contributed by atoms with E-state index in [1.54, 1.807) is 17.4 Å². The molecule has 5 heteroatoms. The van der Waals surface area contributed by atoms with E-state index in [1.165, 1.54) is 30.9 Å². The molecule has 122 valence electrons. The molecule has 0 aliphatic heterocycles. The molecule has 1 aromatic rings. The number of hydrogen-bond donors (Lipinski definition) is 1. The molecule has 0 aliphatic carbocycles. The van der Waals surface area contributed by atoms with Gasteiger partial charge < -0.3 is 9.84 Å². The van der Waals surface area contributed by atoms with E-state index in [1.807, 2.05) is 6.07 Å². The number of thiophene rings is 1. The Labute approximate surface area is 135 Å². The van der Waals surface area contributed by atoms with Gasteiger partial charge in [0.25, 0.3) is 0 Å². The summed E-state index contributed by atoms with van der Waals surface area (Å²) in [5, 5.41) is 8.58. The number of ether oxygens (including phenoxy) is 1. The first-order chi connectivity index (χ1) is 10.6. The zero-order valence-corrected chi connectivity index (χ0v) is 13.9. The molecular formula is C17H24O4S. The van der Waals surface area contributed by atoms with E-state index < -0.39 is 5.97 Å². The maximum absolute atomic E-state index is 10.9. The van der Waals surface area contributed by atoms with Gasteiger partial charge in [0.1, 0.15) is 0 Å². The lowest BCUT2D eigenvalue weighted by molar-refractivity contribution is -0.140. The fourth-order valence-corrected chi connectivity index (χ4v) is 3.11. The predicted octanol–water partition coefficient (Wildman–Crippen LogP) is 4.29. The Morgan fingerprint density at radius 3 is 2.50 bits per heavy atom. The van der Waals surface area contributed by atoms with Gasteiger partial charge in [0.05, 0.1) is 7.11 Å². The van der Waals surface area contributed by atoms with Crippen LogP contribution in [-0.4, -0.2) is 24.2 Å². The summed E-state index contributed by atoms with van der Waals surface area (Å²) in [6, 6.07) is 4.04. The minimum absolute atomic E-state index is 0.120. The molecule has 0 saturated carbocycles. The number of carbonyl (C=O) groups excluding carboxylic acids is 1. The molecule has 1 heterocycles. The minimum atomic E-state index is -0.915. The fourth-order valence-electron chi connectivity index (χ4n) is 2.15. The summed E-state index contributed by atoms with van der Waals surface area (Å²) >= 11 is 1.65. The molecule has 1 aromatic heterocycles. The van der Waals surface area contributed by atoms with Gasteiger partial charge in [0.2, 0.25) is 0 Å². The van der Waals surface area contributed by atoms with E-state index >= 15 is 0 Å². The van der Waals surface area contributed by atoms with Gasteiger partial charge in [-0.2, -0.15) is 0 Å². The van der Waals surface area contributed by atoms with Crippen LogP contribution in [0.4, 0.5) is 0 Å². The van der Waals surface area contributed by atoms with Gasteiger partial charge in [0.15, 0.2) is 0 Å². The monoisotopic (exact) mass is 324 g/mol. The Bertz CT molecular complexity index is 491. The van der Waals surface area contributed by atoms with Crippen LogP contribution >= 0.6 is 11.3 Å². The molecule has 0 atom stereocenters. The summed E-state index contributed by atoms with van der Waals surface area (Å²) in [5.41, 5.74) is 0. The number of carbonyl (C=O) groups is 2. The van der Waals surface area contributed by atoms with Gasteiger partial charge in [-0.25, -0.2) is 4.79 Å². The second kappa shape index (κ2) is 11.0. The van der Waals surface area contributed by atoms with Gasteiger partial charge in [0, 0.05) is 22.3 Å². The third-order valence-corrected chi connectivity index (χ3v) is 4.46. The molecule has 0 amide bonds. The van der Waals surface area contributed by atoms with Crippen LogP contribution in [-0.2, 0) is 20.7 Å². The second-order valence-electron chi connectivity index (χ2n) is 5.17. The van der Waals surface area contributed by atoms with Crippen LogP contribution in [0.15, 0.2) is 18.2 Å². The Kier molecular flexibility index (Phi) is 9.23. The molecule has 4 nitrogen and oxygen atoms in total. The van der Waals surface area contributed by atoms with Crippen molar-refractivity contribution >= 4 is 29.4 Å². The summed E-state index contributed by atoms with van der Waals surface area (Å²) < 4.78 is 4.60. The smallest absolute Gasteiger partial charge is 0.328 e. The van der Waals surface area contributed by atoms with Crippen LogP contribution in [0, 0.1) is 0 Å². The van der Waals surface area contributed by atoms with Crippen molar-refractivity contribution in [1.82, 2.24) is 0 Å². The van der Waals surface area contributed by atoms with Crippen molar-refractivity contribution in [3.63, 3.8) is 0 Å². The molecule has 0 radical (unpaired) electrons. The molecule has 1 rings (SSSR count). The molecule has 0 unspecified atom stereocenters. The summed E-state index contributed by atoms with van der Waals surface area (Å²) in [6.45, 7) is 0. The molecule has 0 fully saturated rings. The number of aryl methyl sites for hydroxylation is 1. The highest BCUT2D eigenvalue weighted by Gasteiger charge is 2.01. The van der Waals surface area contributed by atoms with Crippen LogP contribution in [0.3, 0.4) is 0 Å². The number of aliphatic carboxylic acids is 1. The average molecular weight is 324 g/mol. The largest absolute Gasteiger partial charge is 0.478 e. The van der Waals surface area contributed by atoms with Crippen molar-refractivity contribution < 1.29 is 19.4 Å². The molecule has 0 aliphatic rings. The molecule has 0 bridgehead atoms. The minimum Gasteiger partial charge on any atom is -0.478 e. The van der Waals surface area contributed by atoms with Gasteiger partial charge in [-0.05, 0) is 37.5 Å². The standard InChI is InChI=1S/C17H24O4S/c1-21-17(20)9-7-5-3-2-4-6-8-14-10-11-15(22-14)12-13-16(18)19/h10-13H,2-9H2,1H3,(H,18,19)/b13-12+. The van der Waals surface area contributed by atoms with Crippen molar-refractivity contribution in [2.45, 2.75) is 51.4 Å². The van der Waals surface area contributed by atoms with E-state index in [9.17, 15) is 9.59 Å². The molecule has 0 spiro atoms. The van der Waals surface area contributed by atoms with E-state index in [-0.39, 0.29) is 5.97 Å². The summed E-state index contributed by atoms with van der Waals surface area (Å²) in [7, 11) is 1.43. The second-order valence-corrected chi connectivity index (χ2v) is 6.37. The van der Waals surface area contributed by atoms with Gasteiger partial charge in [-0.3, -0.25) is 4.79 Å². The highest BCUT2D eigenvalue weighted by atomic mass is 32.1. The van der Waals surface area contributed by atoms with Gasteiger partial charge in [-0.15, -0.1) is 11.3 Å². The Morgan fingerprint density at radius 2 is 1.82 bits per heavy atom. The van der Waals surface area contributed by atoms with Gasteiger partial charge in [-0.1, -0.05) is 25.7 Å². The number of carboxylic acids is 1. The summed E-state index contributed by atoms with van der Waals surface area (Å²) in [4.78, 5) is 23.7. The predicted molar refractivity (Wildman–Crippen MR) is 89.0 cm³/mol. The Hall–Kier alpha value is -1.62. The lowest BCUT2D eigenvalue weighted by Gasteiger charge is -2.01. The molecule has 22 heavy (non-hydrogen) atoms. The van der Waals surface area contributed by atoms with Crippen molar-refractivity contribution in [3.05, 3.63) is 28.0 Å². The summed E-state index contributed by atoms with van der Waals surface area (Å²) in [6.07, 6.45) is 11.1. The van der Waals surface area contributed by atoms with E-state index in [0.717, 1.165) is 37.0 Å². The number of carboxylic acid groups (broad SMARTS) is 1. The molecule has 1 N–H and O–H groups in total. The fraction of sp³-hybridized carbons (Fsp3) is 0.529. The average Bonchev–Trinajstić information content (AvgIpc) is 2.95. The van der Waals surface area contributed by atoms with Crippen molar-refractivity contribution in [2.24, 2.45) is 0 Å². The number of hydrogen-bond acceptors (Lipinski definition) is 4. The van der Waals surface area contributed by atoms with Crippen molar-refractivity contribution in [2.75, 3.05) is 7.11 Å². The van der Waals surface area contributed by atoms with Crippen molar-refractivity contribution in [3.8, 4) is 0 Å². The molecule has 0 saturated heterocycles. The van der Waals surface area contributed by atoms with Crippen LogP contribution < -0.4 is 0 Å². The first-order valence-corrected chi connectivity index (χ1v) is 8.50. The normalized spacial score (nSPS) is 11.0.